The van der Waals surface area contributed by atoms with Crippen LogP contribution in [0.3, 0.4) is 0 Å². The summed E-state index contributed by atoms with van der Waals surface area (Å²) < 4.78 is 13.6. The summed E-state index contributed by atoms with van der Waals surface area (Å²) >= 11 is 0. The molecule has 1 spiro atoms. The molecule has 0 bridgehead atoms. The summed E-state index contributed by atoms with van der Waals surface area (Å²) in [4.78, 5) is 26.2. The molecular formula is C22H21FN4O2. The zero-order valence-corrected chi connectivity index (χ0v) is 16.1. The maximum atomic E-state index is 13.6. The molecule has 2 heterocycles. The first-order valence-electron chi connectivity index (χ1n) is 9.44. The maximum Gasteiger partial charge on any atom is 0.250 e. The number of anilines is 1. The van der Waals surface area contributed by atoms with Crippen molar-refractivity contribution in [3.63, 3.8) is 0 Å². The topological polar surface area (TPSA) is 108 Å². The first-order chi connectivity index (χ1) is 13.8. The quantitative estimate of drug-likeness (QED) is 0.745. The lowest BCUT2D eigenvalue weighted by Gasteiger charge is -2.35. The van der Waals surface area contributed by atoms with Crippen molar-refractivity contribution in [3.05, 3.63) is 65.5 Å². The largest absolute Gasteiger partial charge is 0.368 e. The Morgan fingerprint density at radius 2 is 1.86 bits per heavy atom. The zero-order valence-electron chi connectivity index (χ0n) is 16.1. The van der Waals surface area contributed by atoms with E-state index in [1.165, 1.54) is 24.3 Å². The Balaban J connectivity index is 2.08. The summed E-state index contributed by atoms with van der Waals surface area (Å²) in [5, 5.41) is 16.5. The summed E-state index contributed by atoms with van der Waals surface area (Å²) in [6, 6.07) is 14.2. The number of fused-ring (bicyclic) bond motifs is 2. The van der Waals surface area contributed by atoms with Gasteiger partial charge in [0.05, 0.1) is 6.07 Å². The molecule has 2 aromatic rings. The van der Waals surface area contributed by atoms with Gasteiger partial charge in [-0.3, -0.25) is 14.9 Å². The van der Waals surface area contributed by atoms with E-state index in [1.54, 1.807) is 24.3 Å². The minimum Gasteiger partial charge on any atom is -0.368 e. The third-order valence-corrected chi connectivity index (χ3v) is 6.18. The van der Waals surface area contributed by atoms with Crippen molar-refractivity contribution in [1.29, 1.82) is 5.26 Å². The molecule has 7 heteroatoms. The van der Waals surface area contributed by atoms with Gasteiger partial charge in [0.25, 0.3) is 0 Å². The fraction of sp³-hybridized carbons (Fsp3) is 0.318. The highest BCUT2D eigenvalue weighted by Crippen LogP contribution is 2.60. The molecule has 4 N–H and O–H groups in total. The number of nitrogens with two attached hydrogens (primary N) is 1. The Morgan fingerprint density at radius 1 is 1.21 bits per heavy atom. The lowest BCUT2D eigenvalue weighted by atomic mass is 9.62. The minimum absolute atomic E-state index is 0.176. The number of nitrogens with one attached hydrogen (secondary N) is 2. The van der Waals surface area contributed by atoms with Gasteiger partial charge in [-0.2, -0.15) is 5.26 Å². The second kappa shape index (κ2) is 6.39. The van der Waals surface area contributed by atoms with Crippen molar-refractivity contribution in [2.24, 2.45) is 17.1 Å². The van der Waals surface area contributed by atoms with Gasteiger partial charge < -0.3 is 11.1 Å². The SMILES string of the molecule is CC(C)C1NC2(C(=O)Nc3ccccc32)C(c2ccc(F)cc2)C1(C#N)C(N)=O. The van der Waals surface area contributed by atoms with Gasteiger partial charge in [-0.25, -0.2) is 4.39 Å². The monoisotopic (exact) mass is 392 g/mol. The molecule has 6 nitrogen and oxygen atoms in total. The van der Waals surface area contributed by atoms with Crippen molar-refractivity contribution in [1.82, 2.24) is 5.32 Å². The van der Waals surface area contributed by atoms with Gasteiger partial charge in [-0.1, -0.05) is 44.2 Å². The number of nitrogens with zero attached hydrogens (tertiary/aromatic N) is 1. The Labute approximate surface area is 167 Å². The Hall–Kier alpha value is -3.24. The molecule has 2 aliphatic heterocycles. The molecule has 0 aromatic heterocycles. The van der Waals surface area contributed by atoms with Gasteiger partial charge in [-0.15, -0.1) is 0 Å². The summed E-state index contributed by atoms with van der Waals surface area (Å²) in [6.07, 6.45) is 0. The van der Waals surface area contributed by atoms with Crippen LogP contribution >= 0.6 is 0 Å². The molecule has 2 aromatic carbocycles. The van der Waals surface area contributed by atoms with Crippen LogP contribution < -0.4 is 16.4 Å². The Morgan fingerprint density at radius 3 is 2.45 bits per heavy atom. The average molecular weight is 392 g/mol. The third kappa shape index (κ3) is 2.36. The number of para-hydroxylation sites is 1. The third-order valence-electron chi connectivity index (χ3n) is 6.18. The van der Waals surface area contributed by atoms with E-state index in [0.29, 0.717) is 16.8 Å². The van der Waals surface area contributed by atoms with Crippen LogP contribution in [0, 0.1) is 28.5 Å². The van der Waals surface area contributed by atoms with Gasteiger partial charge in [0.2, 0.25) is 11.8 Å². The molecule has 4 rings (SSSR count). The van der Waals surface area contributed by atoms with Crippen molar-refractivity contribution >= 4 is 17.5 Å². The second-order valence-corrected chi connectivity index (χ2v) is 8.00. The zero-order chi connectivity index (χ0) is 21.0. The van der Waals surface area contributed by atoms with Crippen LogP contribution in [0.25, 0.3) is 0 Å². The van der Waals surface area contributed by atoms with Crippen LogP contribution in [-0.4, -0.2) is 17.9 Å². The van der Waals surface area contributed by atoms with E-state index in [0.717, 1.165) is 0 Å². The number of nitriles is 1. The molecule has 0 radical (unpaired) electrons. The number of hydrogen-bond donors (Lipinski definition) is 3. The first-order valence-corrected chi connectivity index (χ1v) is 9.44. The van der Waals surface area contributed by atoms with E-state index in [2.05, 4.69) is 16.7 Å². The molecular weight excluding hydrogens is 371 g/mol. The van der Waals surface area contributed by atoms with Crippen LogP contribution in [0.4, 0.5) is 10.1 Å². The van der Waals surface area contributed by atoms with Gasteiger partial charge in [0, 0.05) is 23.2 Å². The summed E-state index contributed by atoms with van der Waals surface area (Å²) in [5.74, 6) is -2.74. The normalized spacial score (nSPS) is 30.2. The average Bonchev–Trinajstić information content (AvgIpc) is 3.16. The van der Waals surface area contributed by atoms with Crippen LogP contribution in [0.5, 0.6) is 0 Å². The van der Waals surface area contributed by atoms with Crippen molar-refractivity contribution in [2.75, 3.05) is 5.32 Å². The molecule has 0 aliphatic carbocycles. The molecule has 2 amide bonds. The number of carbonyl (C=O) groups is 2. The van der Waals surface area contributed by atoms with Crippen LogP contribution in [0.2, 0.25) is 0 Å². The summed E-state index contributed by atoms with van der Waals surface area (Å²) in [7, 11) is 0. The second-order valence-electron chi connectivity index (χ2n) is 8.00. The highest BCUT2D eigenvalue weighted by atomic mass is 19.1. The van der Waals surface area contributed by atoms with Gasteiger partial charge >= 0.3 is 0 Å². The number of hydrogen-bond acceptors (Lipinski definition) is 4. The highest BCUT2D eigenvalue weighted by molar-refractivity contribution is 6.08. The fourth-order valence-corrected chi connectivity index (χ4v) is 5.02. The highest BCUT2D eigenvalue weighted by Gasteiger charge is 2.71. The number of carbonyl (C=O) groups excluding carboxylic acids is 2. The van der Waals surface area contributed by atoms with E-state index < -0.39 is 34.6 Å². The Kier molecular flexibility index (Phi) is 4.21. The first kappa shape index (κ1) is 19.1. The number of amides is 2. The standard InChI is InChI=1S/C22H21FN4O2/c1-12(2)18-21(11-24,19(25)28)17(13-7-9-14(23)10-8-13)22(27-18)15-5-3-4-6-16(15)26-20(22)29/h3-10,12,17-18,27H,1-2H3,(H2,25,28)(H,26,29). The minimum atomic E-state index is -1.71. The Bertz CT molecular complexity index is 1050. The molecule has 29 heavy (non-hydrogen) atoms. The number of halogens is 1. The molecule has 4 atom stereocenters. The number of benzene rings is 2. The molecule has 2 aliphatic rings. The van der Waals surface area contributed by atoms with Gasteiger partial charge in [0.15, 0.2) is 5.41 Å². The van der Waals surface area contributed by atoms with E-state index >= 15 is 0 Å². The van der Waals surface area contributed by atoms with Crippen LogP contribution in [-0.2, 0) is 15.1 Å². The van der Waals surface area contributed by atoms with E-state index in [-0.39, 0.29) is 11.8 Å². The predicted molar refractivity (Wildman–Crippen MR) is 105 cm³/mol. The van der Waals surface area contributed by atoms with E-state index in [4.69, 9.17) is 5.73 Å². The van der Waals surface area contributed by atoms with Crippen LogP contribution in [0.1, 0.15) is 30.9 Å². The molecule has 148 valence electrons. The maximum absolute atomic E-state index is 13.6. The molecule has 0 saturated carbocycles. The number of primary amides is 1. The smallest absolute Gasteiger partial charge is 0.250 e. The summed E-state index contributed by atoms with van der Waals surface area (Å²) in [6.45, 7) is 3.73. The molecule has 1 saturated heterocycles. The van der Waals surface area contributed by atoms with Crippen molar-refractivity contribution in [3.8, 4) is 6.07 Å². The molecule has 4 unspecified atom stereocenters. The lowest BCUT2D eigenvalue weighted by molar-refractivity contribution is -0.127. The lowest BCUT2D eigenvalue weighted by Crippen LogP contribution is -2.50. The van der Waals surface area contributed by atoms with Gasteiger partial charge in [-0.05, 0) is 29.7 Å². The van der Waals surface area contributed by atoms with E-state index in [9.17, 15) is 19.2 Å². The van der Waals surface area contributed by atoms with E-state index in [1.807, 2.05) is 13.8 Å². The fourth-order valence-electron chi connectivity index (χ4n) is 5.02. The predicted octanol–water partition coefficient (Wildman–Crippen LogP) is 2.38. The number of rotatable bonds is 3. The molecule has 1 fully saturated rings. The van der Waals surface area contributed by atoms with Gasteiger partial charge in [0.1, 0.15) is 11.4 Å². The van der Waals surface area contributed by atoms with Crippen LogP contribution in [0.15, 0.2) is 48.5 Å². The van der Waals surface area contributed by atoms with Crippen molar-refractivity contribution < 1.29 is 14.0 Å². The summed E-state index contributed by atoms with van der Waals surface area (Å²) in [5.41, 5.74) is 4.50. The van der Waals surface area contributed by atoms with Crippen molar-refractivity contribution in [2.45, 2.75) is 31.3 Å².